The molecule has 0 aliphatic heterocycles. The van der Waals surface area contributed by atoms with Gasteiger partial charge in [-0.25, -0.2) is 9.37 Å². The number of carbonyl (C=O) groups is 1. The molecule has 0 radical (unpaired) electrons. The Morgan fingerprint density at radius 3 is 2.33 bits per heavy atom. The summed E-state index contributed by atoms with van der Waals surface area (Å²) in [6, 6.07) is 15.3. The number of anilines is 2. The Labute approximate surface area is 175 Å². The number of carboxylic acid groups (broad SMARTS) is 1. The Balaban J connectivity index is 1.37. The van der Waals surface area contributed by atoms with Gasteiger partial charge in [0.2, 0.25) is 0 Å². The zero-order valence-corrected chi connectivity index (χ0v) is 16.6. The highest BCUT2D eigenvalue weighted by Crippen LogP contribution is 2.37. The molecule has 4 rings (SSSR count). The van der Waals surface area contributed by atoms with E-state index in [-0.39, 0.29) is 5.82 Å². The fourth-order valence-electron chi connectivity index (χ4n) is 4.11. The average Bonchev–Trinajstić information content (AvgIpc) is 2.76. The summed E-state index contributed by atoms with van der Waals surface area (Å²) in [7, 11) is 0. The summed E-state index contributed by atoms with van der Waals surface area (Å²) < 4.78 is 13.0. The lowest BCUT2D eigenvalue weighted by molar-refractivity contribution is -0.138. The van der Waals surface area contributed by atoms with E-state index in [9.17, 15) is 9.18 Å². The first-order chi connectivity index (χ1) is 14.6. The van der Waals surface area contributed by atoms with Gasteiger partial charge in [-0.1, -0.05) is 24.3 Å². The molecule has 6 heteroatoms. The molecular formula is C24H24FN3O2. The Morgan fingerprint density at radius 2 is 1.73 bits per heavy atom. The summed E-state index contributed by atoms with van der Waals surface area (Å²) in [6.07, 6.45) is 7.26. The predicted octanol–water partition coefficient (Wildman–Crippen LogP) is 5.77. The van der Waals surface area contributed by atoms with Crippen molar-refractivity contribution in [1.29, 1.82) is 0 Å². The van der Waals surface area contributed by atoms with Crippen LogP contribution in [0.5, 0.6) is 0 Å². The SMILES string of the molecule is O=C(O)CC1CCC(c2ccc(-c3ccc(Nc4ccc(F)cn4)cn3)cc2)CC1. The standard InChI is InChI=1S/C24H24FN3O2/c25-20-9-12-23(27-14-20)28-21-10-11-22(26-15-21)19-7-5-18(6-8-19)17-3-1-16(2-4-17)13-24(29)30/h5-12,14-17H,1-4,13H2,(H,27,28)(H,29,30). The molecule has 2 N–H and O–H groups in total. The average molecular weight is 405 g/mol. The number of nitrogens with one attached hydrogen (secondary N) is 1. The van der Waals surface area contributed by atoms with Gasteiger partial charge in [0.1, 0.15) is 11.6 Å². The highest BCUT2D eigenvalue weighted by molar-refractivity contribution is 5.67. The van der Waals surface area contributed by atoms with Crippen molar-refractivity contribution in [2.75, 3.05) is 5.32 Å². The van der Waals surface area contributed by atoms with Crippen LogP contribution in [0.2, 0.25) is 0 Å². The van der Waals surface area contributed by atoms with Crippen molar-refractivity contribution in [3.8, 4) is 11.3 Å². The molecule has 3 aromatic rings. The van der Waals surface area contributed by atoms with Crippen LogP contribution in [0.4, 0.5) is 15.9 Å². The number of nitrogens with zero attached hydrogens (tertiary/aromatic N) is 2. The first-order valence-corrected chi connectivity index (χ1v) is 10.2. The van der Waals surface area contributed by atoms with E-state index in [2.05, 4.69) is 39.6 Å². The molecule has 1 fully saturated rings. The minimum absolute atomic E-state index is 0.291. The first kappa shape index (κ1) is 20.0. The molecule has 5 nitrogen and oxygen atoms in total. The van der Waals surface area contributed by atoms with E-state index in [0.29, 0.717) is 24.1 Å². The Morgan fingerprint density at radius 1 is 0.967 bits per heavy atom. The van der Waals surface area contributed by atoms with E-state index >= 15 is 0 Å². The Hall–Kier alpha value is -3.28. The maximum absolute atomic E-state index is 13.0. The van der Waals surface area contributed by atoms with Gasteiger partial charge in [0.05, 0.1) is 23.8 Å². The Kier molecular flexibility index (Phi) is 6.02. The van der Waals surface area contributed by atoms with Crippen LogP contribution in [0.3, 0.4) is 0 Å². The lowest BCUT2D eigenvalue weighted by atomic mass is 9.77. The van der Waals surface area contributed by atoms with E-state index in [1.807, 2.05) is 12.1 Å². The molecule has 1 aliphatic rings. The lowest BCUT2D eigenvalue weighted by Crippen LogP contribution is -2.16. The third-order valence-electron chi connectivity index (χ3n) is 5.75. The number of benzene rings is 1. The maximum atomic E-state index is 13.0. The fraction of sp³-hybridized carbons (Fsp3) is 0.292. The third-order valence-corrected chi connectivity index (χ3v) is 5.75. The van der Waals surface area contributed by atoms with E-state index in [1.54, 1.807) is 12.3 Å². The predicted molar refractivity (Wildman–Crippen MR) is 114 cm³/mol. The first-order valence-electron chi connectivity index (χ1n) is 10.2. The van der Waals surface area contributed by atoms with Crippen LogP contribution in [0.25, 0.3) is 11.3 Å². The monoisotopic (exact) mass is 405 g/mol. The molecule has 0 saturated heterocycles. The number of pyridine rings is 2. The normalized spacial score (nSPS) is 18.7. The zero-order valence-electron chi connectivity index (χ0n) is 16.6. The molecule has 1 aliphatic carbocycles. The molecule has 1 saturated carbocycles. The van der Waals surface area contributed by atoms with Gasteiger partial charge in [-0.2, -0.15) is 0 Å². The van der Waals surface area contributed by atoms with Crippen LogP contribution in [-0.2, 0) is 4.79 Å². The molecule has 0 unspecified atom stereocenters. The summed E-state index contributed by atoms with van der Waals surface area (Å²) in [5, 5.41) is 12.1. The van der Waals surface area contributed by atoms with Gasteiger partial charge in [0.25, 0.3) is 0 Å². The van der Waals surface area contributed by atoms with Crippen LogP contribution in [0.15, 0.2) is 60.9 Å². The summed E-state index contributed by atoms with van der Waals surface area (Å²) in [4.78, 5) is 19.4. The second-order valence-corrected chi connectivity index (χ2v) is 7.86. The Bertz CT molecular complexity index is 980. The van der Waals surface area contributed by atoms with Crippen LogP contribution in [0.1, 0.15) is 43.6 Å². The number of aliphatic carboxylic acids is 1. The molecule has 2 aromatic heterocycles. The van der Waals surface area contributed by atoms with Crippen molar-refractivity contribution in [1.82, 2.24) is 9.97 Å². The highest BCUT2D eigenvalue weighted by atomic mass is 19.1. The van der Waals surface area contributed by atoms with Crippen LogP contribution < -0.4 is 5.32 Å². The number of halogens is 1. The van der Waals surface area contributed by atoms with Crippen LogP contribution in [0, 0.1) is 11.7 Å². The van der Waals surface area contributed by atoms with Crippen molar-refractivity contribution in [3.63, 3.8) is 0 Å². The van der Waals surface area contributed by atoms with Gasteiger partial charge in [-0.15, -0.1) is 0 Å². The molecule has 2 heterocycles. The van der Waals surface area contributed by atoms with Gasteiger partial charge >= 0.3 is 5.97 Å². The molecule has 154 valence electrons. The zero-order chi connectivity index (χ0) is 20.9. The van der Waals surface area contributed by atoms with Gasteiger partial charge in [0.15, 0.2) is 0 Å². The second kappa shape index (κ2) is 9.03. The maximum Gasteiger partial charge on any atom is 0.303 e. The smallest absolute Gasteiger partial charge is 0.303 e. The number of hydrogen-bond donors (Lipinski definition) is 2. The second-order valence-electron chi connectivity index (χ2n) is 7.86. The summed E-state index contributed by atoms with van der Waals surface area (Å²) in [6.45, 7) is 0. The van der Waals surface area contributed by atoms with Crippen molar-refractivity contribution < 1.29 is 14.3 Å². The van der Waals surface area contributed by atoms with E-state index in [4.69, 9.17) is 5.11 Å². The minimum Gasteiger partial charge on any atom is -0.481 e. The van der Waals surface area contributed by atoms with E-state index in [0.717, 1.165) is 42.6 Å². The number of hydrogen-bond acceptors (Lipinski definition) is 4. The largest absolute Gasteiger partial charge is 0.481 e. The topological polar surface area (TPSA) is 75.1 Å². The summed E-state index contributed by atoms with van der Waals surface area (Å²) >= 11 is 0. The molecule has 0 bridgehead atoms. The van der Waals surface area contributed by atoms with Crippen molar-refractivity contribution in [2.24, 2.45) is 5.92 Å². The van der Waals surface area contributed by atoms with Crippen molar-refractivity contribution >= 4 is 17.5 Å². The molecule has 1 aromatic carbocycles. The number of aromatic nitrogens is 2. The number of rotatable bonds is 6. The molecule has 30 heavy (non-hydrogen) atoms. The molecule has 0 amide bonds. The highest BCUT2D eigenvalue weighted by Gasteiger charge is 2.23. The van der Waals surface area contributed by atoms with Crippen molar-refractivity contribution in [3.05, 3.63) is 72.3 Å². The van der Waals surface area contributed by atoms with Gasteiger partial charge in [-0.3, -0.25) is 9.78 Å². The van der Waals surface area contributed by atoms with Gasteiger partial charge < -0.3 is 10.4 Å². The summed E-state index contributed by atoms with van der Waals surface area (Å²) in [5.74, 6) is 0.330. The number of carboxylic acids is 1. The lowest BCUT2D eigenvalue weighted by Gasteiger charge is -2.28. The van der Waals surface area contributed by atoms with Gasteiger partial charge in [0, 0.05) is 12.0 Å². The quantitative estimate of drug-likeness (QED) is 0.544. The fourth-order valence-corrected chi connectivity index (χ4v) is 4.11. The van der Waals surface area contributed by atoms with Crippen LogP contribution >= 0.6 is 0 Å². The molecular weight excluding hydrogens is 381 g/mol. The van der Waals surface area contributed by atoms with E-state index < -0.39 is 5.97 Å². The van der Waals surface area contributed by atoms with Crippen LogP contribution in [-0.4, -0.2) is 21.0 Å². The van der Waals surface area contributed by atoms with Crippen molar-refractivity contribution in [2.45, 2.75) is 38.0 Å². The molecule has 0 atom stereocenters. The minimum atomic E-state index is -0.689. The third kappa shape index (κ3) is 5.00. The van der Waals surface area contributed by atoms with E-state index in [1.165, 1.54) is 17.8 Å². The van der Waals surface area contributed by atoms with Gasteiger partial charge in [-0.05, 0) is 67.3 Å². The molecule has 0 spiro atoms. The summed E-state index contributed by atoms with van der Waals surface area (Å²) in [5.41, 5.74) is 4.02.